The van der Waals surface area contributed by atoms with Gasteiger partial charge in [-0.25, -0.2) is 0 Å². The van der Waals surface area contributed by atoms with Gasteiger partial charge < -0.3 is 0 Å². The van der Waals surface area contributed by atoms with Crippen LogP contribution in [-0.2, 0) is 0 Å². The molecule has 0 atom stereocenters. The van der Waals surface area contributed by atoms with E-state index in [-0.39, 0.29) is 5.91 Å². The van der Waals surface area contributed by atoms with E-state index in [2.05, 4.69) is 0 Å². The fourth-order valence-electron chi connectivity index (χ4n) is 1.22. The molecule has 2 rings (SSSR count). The molecule has 1 aliphatic rings. The van der Waals surface area contributed by atoms with E-state index in [9.17, 15) is 4.79 Å². The Bertz CT molecular complexity index is 320. The van der Waals surface area contributed by atoms with Gasteiger partial charge in [0, 0.05) is 17.5 Å². The van der Waals surface area contributed by atoms with Gasteiger partial charge in [0.05, 0.1) is 0 Å². The van der Waals surface area contributed by atoms with Gasteiger partial charge in [0.2, 0.25) is 0 Å². The van der Waals surface area contributed by atoms with Crippen LogP contribution < -0.4 is 0 Å². The van der Waals surface area contributed by atoms with Crippen molar-refractivity contribution in [1.82, 2.24) is 4.57 Å². The summed E-state index contributed by atoms with van der Waals surface area (Å²) in [7, 11) is 0. The number of nitrogens with zero attached hydrogens (tertiary/aromatic N) is 1. The third kappa shape index (κ3) is 0.506. The Hall–Kier alpha value is -1.31. The third-order valence-electron chi connectivity index (χ3n) is 1.72. The molecule has 2 nitrogen and oxygen atoms in total. The van der Waals surface area contributed by atoms with E-state index in [1.807, 2.05) is 25.1 Å². The van der Waals surface area contributed by atoms with E-state index in [0.29, 0.717) is 0 Å². The molecule has 0 aliphatic carbocycles. The van der Waals surface area contributed by atoms with E-state index in [0.717, 1.165) is 11.4 Å². The topological polar surface area (TPSA) is 22.0 Å². The highest BCUT2D eigenvalue weighted by Crippen LogP contribution is 2.15. The van der Waals surface area contributed by atoms with Crippen molar-refractivity contribution in [2.45, 2.75) is 6.92 Å². The number of hydrogen-bond donors (Lipinski definition) is 0. The first-order valence-corrected chi connectivity index (χ1v) is 3.20. The van der Waals surface area contributed by atoms with Gasteiger partial charge in [-0.1, -0.05) is 0 Å². The molecule has 50 valence electrons. The molecule has 1 aromatic rings. The van der Waals surface area contributed by atoms with Gasteiger partial charge in [0.1, 0.15) is 0 Å². The number of carbonyl (C=O) groups is 1. The summed E-state index contributed by atoms with van der Waals surface area (Å²) < 4.78 is 1.69. The van der Waals surface area contributed by atoms with Crippen LogP contribution in [0.15, 0.2) is 18.2 Å². The fourth-order valence-corrected chi connectivity index (χ4v) is 1.22. The maximum atomic E-state index is 11.0. The van der Waals surface area contributed by atoms with Crippen LogP contribution in [0.5, 0.6) is 0 Å². The van der Waals surface area contributed by atoms with Crippen LogP contribution in [0.1, 0.15) is 16.2 Å². The predicted molar refractivity (Wildman–Crippen MR) is 38.8 cm³/mol. The molecular weight excluding hydrogens is 126 g/mol. The SMILES string of the molecule is Cc1ccc2n1C(=O)C=C2. The molecule has 0 saturated heterocycles. The molecule has 0 fully saturated rings. The average molecular weight is 133 g/mol. The van der Waals surface area contributed by atoms with Crippen LogP contribution in [0.25, 0.3) is 6.08 Å². The van der Waals surface area contributed by atoms with Gasteiger partial charge in [0.15, 0.2) is 0 Å². The summed E-state index contributed by atoms with van der Waals surface area (Å²) in [4.78, 5) is 11.0. The fraction of sp³-hybridized carbons (Fsp3) is 0.125. The van der Waals surface area contributed by atoms with Gasteiger partial charge in [-0.15, -0.1) is 0 Å². The molecular formula is C8H7NO. The highest BCUT2D eigenvalue weighted by molar-refractivity contribution is 5.99. The normalized spacial score (nSPS) is 14.3. The third-order valence-corrected chi connectivity index (χ3v) is 1.72. The molecule has 1 aliphatic heterocycles. The van der Waals surface area contributed by atoms with Crippen LogP contribution >= 0.6 is 0 Å². The van der Waals surface area contributed by atoms with Gasteiger partial charge in [0.25, 0.3) is 5.91 Å². The number of aromatic nitrogens is 1. The Kier molecular flexibility index (Phi) is 0.873. The van der Waals surface area contributed by atoms with Crippen molar-refractivity contribution in [3.8, 4) is 0 Å². The van der Waals surface area contributed by atoms with Crippen molar-refractivity contribution in [3.63, 3.8) is 0 Å². The van der Waals surface area contributed by atoms with Gasteiger partial charge in [-0.3, -0.25) is 9.36 Å². The van der Waals surface area contributed by atoms with Crippen molar-refractivity contribution < 1.29 is 4.79 Å². The smallest absolute Gasteiger partial charge is 0.255 e. The molecule has 10 heavy (non-hydrogen) atoms. The number of rotatable bonds is 0. The van der Waals surface area contributed by atoms with Crippen LogP contribution in [-0.4, -0.2) is 10.5 Å². The predicted octanol–water partition coefficient (Wildman–Crippen LogP) is 1.46. The highest BCUT2D eigenvalue weighted by Gasteiger charge is 2.12. The first kappa shape index (κ1) is 5.47. The Morgan fingerprint density at radius 1 is 1.30 bits per heavy atom. The zero-order chi connectivity index (χ0) is 7.14. The van der Waals surface area contributed by atoms with Crippen LogP contribution in [0, 0.1) is 6.92 Å². The summed E-state index contributed by atoms with van der Waals surface area (Å²) in [5, 5.41) is 0. The Labute approximate surface area is 58.8 Å². The van der Waals surface area contributed by atoms with Gasteiger partial charge in [-0.2, -0.15) is 0 Å². The van der Waals surface area contributed by atoms with Crippen molar-refractivity contribution in [3.05, 3.63) is 29.6 Å². The molecule has 0 unspecified atom stereocenters. The minimum Gasteiger partial charge on any atom is -0.282 e. The quantitative estimate of drug-likeness (QED) is 0.525. The molecule has 1 aromatic heterocycles. The van der Waals surface area contributed by atoms with Crippen molar-refractivity contribution in [2.24, 2.45) is 0 Å². The number of allylic oxidation sites excluding steroid dienone is 1. The average Bonchev–Trinajstić information content (AvgIpc) is 2.40. The largest absolute Gasteiger partial charge is 0.282 e. The van der Waals surface area contributed by atoms with E-state index < -0.39 is 0 Å². The molecule has 0 radical (unpaired) electrons. The van der Waals surface area contributed by atoms with Crippen LogP contribution in [0.4, 0.5) is 0 Å². The Balaban J connectivity index is 2.74. The Morgan fingerprint density at radius 2 is 2.10 bits per heavy atom. The van der Waals surface area contributed by atoms with Crippen molar-refractivity contribution in [1.29, 1.82) is 0 Å². The number of aryl methyl sites for hydroxylation is 1. The van der Waals surface area contributed by atoms with Gasteiger partial charge in [-0.05, 0) is 25.1 Å². The molecule has 0 aromatic carbocycles. The van der Waals surface area contributed by atoms with Crippen LogP contribution in [0.3, 0.4) is 0 Å². The zero-order valence-corrected chi connectivity index (χ0v) is 5.66. The molecule has 2 heterocycles. The lowest BCUT2D eigenvalue weighted by molar-refractivity contribution is 0.0972. The first-order chi connectivity index (χ1) is 4.79. The second-order valence-corrected chi connectivity index (χ2v) is 2.41. The number of carbonyl (C=O) groups excluding carboxylic acids is 1. The minimum atomic E-state index is 0.0671. The summed E-state index contributed by atoms with van der Waals surface area (Å²) in [5.74, 6) is 0.0671. The lowest BCUT2D eigenvalue weighted by Crippen LogP contribution is -2.04. The molecule has 0 N–H and O–H groups in total. The summed E-state index contributed by atoms with van der Waals surface area (Å²) in [6.45, 7) is 1.92. The monoisotopic (exact) mass is 133 g/mol. The maximum Gasteiger partial charge on any atom is 0.255 e. The molecule has 0 spiro atoms. The second kappa shape index (κ2) is 1.59. The van der Waals surface area contributed by atoms with Crippen molar-refractivity contribution >= 4 is 12.0 Å². The van der Waals surface area contributed by atoms with E-state index in [4.69, 9.17) is 0 Å². The number of fused-ring (bicyclic) bond motifs is 1. The summed E-state index contributed by atoms with van der Waals surface area (Å²) >= 11 is 0. The zero-order valence-electron chi connectivity index (χ0n) is 5.66. The summed E-state index contributed by atoms with van der Waals surface area (Å²) in [6, 6.07) is 3.88. The van der Waals surface area contributed by atoms with Gasteiger partial charge >= 0.3 is 0 Å². The minimum absolute atomic E-state index is 0.0671. The molecule has 0 saturated carbocycles. The van der Waals surface area contributed by atoms with Crippen LogP contribution in [0.2, 0.25) is 0 Å². The molecule has 0 amide bonds. The van der Waals surface area contributed by atoms with Crippen molar-refractivity contribution in [2.75, 3.05) is 0 Å². The lowest BCUT2D eigenvalue weighted by atomic mass is 10.4. The first-order valence-electron chi connectivity index (χ1n) is 3.20. The van der Waals surface area contributed by atoms with E-state index in [1.54, 1.807) is 10.6 Å². The molecule has 0 bridgehead atoms. The molecule has 2 heteroatoms. The second-order valence-electron chi connectivity index (χ2n) is 2.41. The summed E-state index contributed by atoms with van der Waals surface area (Å²) in [5.41, 5.74) is 1.99. The Morgan fingerprint density at radius 3 is 2.80 bits per heavy atom. The lowest BCUT2D eigenvalue weighted by Gasteiger charge is -1.96. The maximum absolute atomic E-state index is 11.0. The van der Waals surface area contributed by atoms with E-state index in [1.165, 1.54) is 0 Å². The standard InChI is InChI=1S/C8H7NO/c1-6-2-3-7-4-5-8(10)9(6)7/h2-5H,1H3. The summed E-state index contributed by atoms with van der Waals surface area (Å²) in [6.07, 6.45) is 3.41. The number of hydrogen-bond acceptors (Lipinski definition) is 1. The van der Waals surface area contributed by atoms with E-state index >= 15 is 0 Å². The highest BCUT2D eigenvalue weighted by atomic mass is 16.2.